The minimum atomic E-state index is -0.559. The normalized spacial score (nSPS) is 10.4. The molecule has 0 radical (unpaired) electrons. The lowest BCUT2D eigenvalue weighted by Crippen LogP contribution is -2.05. The Morgan fingerprint density at radius 2 is 1.78 bits per heavy atom. The lowest BCUT2D eigenvalue weighted by Gasteiger charge is -2.06. The smallest absolute Gasteiger partial charge is 0.197 e. The van der Waals surface area contributed by atoms with E-state index in [-0.39, 0.29) is 16.1 Å². The standard InChI is InChI=1S/C14H9Cl2FO/c1-8-2-5-13(17)11(6-8)14(18)10-4-3-9(15)7-12(10)16/h2-7H,1H3. The maximum Gasteiger partial charge on any atom is 0.197 e. The maximum atomic E-state index is 13.6. The highest BCUT2D eigenvalue weighted by molar-refractivity contribution is 6.37. The van der Waals surface area contributed by atoms with Gasteiger partial charge < -0.3 is 0 Å². The van der Waals surface area contributed by atoms with Crippen molar-refractivity contribution in [2.45, 2.75) is 6.92 Å². The van der Waals surface area contributed by atoms with Gasteiger partial charge in [-0.1, -0.05) is 34.8 Å². The number of benzene rings is 2. The number of aryl methyl sites for hydroxylation is 1. The molecule has 2 aromatic rings. The Balaban J connectivity index is 2.51. The van der Waals surface area contributed by atoms with Gasteiger partial charge in [-0.3, -0.25) is 4.79 Å². The molecule has 0 aromatic heterocycles. The van der Waals surface area contributed by atoms with E-state index in [0.29, 0.717) is 5.02 Å². The van der Waals surface area contributed by atoms with E-state index in [1.54, 1.807) is 19.1 Å². The Bertz CT molecular complexity index is 623. The van der Waals surface area contributed by atoms with Crippen LogP contribution in [-0.4, -0.2) is 5.78 Å². The van der Waals surface area contributed by atoms with Crippen LogP contribution < -0.4 is 0 Å². The quantitative estimate of drug-likeness (QED) is 0.732. The summed E-state index contributed by atoms with van der Waals surface area (Å²) in [4.78, 5) is 12.2. The molecule has 0 N–H and O–H groups in total. The van der Waals surface area contributed by atoms with Crippen molar-refractivity contribution in [1.82, 2.24) is 0 Å². The second-order valence-corrected chi connectivity index (χ2v) is 4.78. The summed E-state index contributed by atoms with van der Waals surface area (Å²) in [6.45, 7) is 1.79. The van der Waals surface area contributed by atoms with Gasteiger partial charge in [0.05, 0.1) is 10.6 Å². The van der Waals surface area contributed by atoms with Gasteiger partial charge in [0.25, 0.3) is 0 Å². The second kappa shape index (κ2) is 5.09. The first-order valence-electron chi connectivity index (χ1n) is 5.25. The first-order valence-corrected chi connectivity index (χ1v) is 6.00. The van der Waals surface area contributed by atoms with Crippen LogP contribution in [0.5, 0.6) is 0 Å². The summed E-state index contributed by atoms with van der Waals surface area (Å²) >= 11 is 11.7. The summed E-state index contributed by atoms with van der Waals surface area (Å²) in [6.07, 6.45) is 0. The molecule has 18 heavy (non-hydrogen) atoms. The summed E-state index contributed by atoms with van der Waals surface area (Å²) in [5.41, 5.74) is 1.06. The zero-order valence-corrected chi connectivity index (χ0v) is 11.0. The molecule has 0 aliphatic rings. The maximum absolute atomic E-state index is 13.6. The van der Waals surface area contributed by atoms with Gasteiger partial charge >= 0.3 is 0 Å². The first-order chi connectivity index (χ1) is 8.49. The molecule has 2 aromatic carbocycles. The highest BCUT2D eigenvalue weighted by atomic mass is 35.5. The van der Waals surface area contributed by atoms with Gasteiger partial charge in [0.15, 0.2) is 5.78 Å². The van der Waals surface area contributed by atoms with Gasteiger partial charge in [0, 0.05) is 10.6 Å². The summed E-state index contributed by atoms with van der Waals surface area (Å²) in [5, 5.41) is 0.648. The van der Waals surface area contributed by atoms with Crippen LogP contribution in [0.15, 0.2) is 36.4 Å². The highest BCUT2D eigenvalue weighted by Crippen LogP contribution is 2.24. The summed E-state index contributed by atoms with van der Waals surface area (Å²) in [6, 6.07) is 8.89. The Hall–Kier alpha value is -1.38. The van der Waals surface area contributed by atoms with E-state index in [0.717, 1.165) is 5.56 Å². The molecule has 2 rings (SSSR count). The second-order valence-electron chi connectivity index (χ2n) is 3.94. The van der Waals surface area contributed by atoms with Crippen LogP contribution in [0.3, 0.4) is 0 Å². The molecule has 0 bridgehead atoms. The third-order valence-corrected chi connectivity index (χ3v) is 3.09. The Morgan fingerprint density at radius 1 is 1.06 bits per heavy atom. The fourth-order valence-corrected chi connectivity index (χ4v) is 2.13. The predicted molar refractivity (Wildman–Crippen MR) is 71.0 cm³/mol. The number of rotatable bonds is 2. The Kier molecular flexibility index (Phi) is 3.69. The topological polar surface area (TPSA) is 17.1 Å². The number of hydrogen-bond acceptors (Lipinski definition) is 1. The minimum absolute atomic E-state index is 0.0132. The molecule has 1 nitrogen and oxygen atoms in total. The Labute approximate surface area is 114 Å². The van der Waals surface area contributed by atoms with Gasteiger partial charge in [-0.05, 0) is 37.3 Å². The van der Waals surface area contributed by atoms with Crippen molar-refractivity contribution in [3.05, 3.63) is 69.0 Å². The van der Waals surface area contributed by atoms with E-state index < -0.39 is 11.6 Å². The third-order valence-electron chi connectivity index (χ3n) is 2.54. The average Bonchev–Trinajstić information content (AvgIpc) is 2.31. The van der Waals surface area contributed by atoms with Crippen LogP contribution in [0, 0.1) is 12.7 Å². The number of carbonyl (C=O) groups excluding carboxylic acids is 1. The van der Waals surface area contributed by atoms with Gasteiger partial charge in [0.2, 0.25) is 0 Å². The molecule has 0 heterocycles. The lowest BCUT2D eigenvalue weighted by molar-refractivity contribution is 0.103. The fraction of sp³-hybridized carbons (Fsp3) is 0.0714. The zero-order valence-electron chi connectivity index (χ0n) is 9.51. The number of hydrogen-bond donors (Lipinski definition) is 0. The lowest BCUT2D eigenvalue weighted by atomic mass is 10.0. The van der Waals surface area contributed by atoms with Gasteiger partial charge in [-0.2, -0.15) is 0 Å². The van der Waals surface area contributed by atoms with Crippen LogP contribution in [0.2, 0.25) is 10.0 Å². The highest BCUT2D eigenvalue weighted by Gasteiger charge is 2.17. The van der Waals surface area contributed by atoms with Gasteiger partial charge in [0.1, 0.15) is 5.82 Å². The molecular formula is C14H9Cl2FO. The van der Waals surface area contributed by atoms with E-state index >= 15 is 0 Å². The van der Waals surface area contributed by atoms with Crippen LogP contribution in [-0.2, 0) is 0 Å². The fourth-order valence-electron chi connectivity index (χ4n) is 1.63. The van der Waals surface area contributed by atoms with E-state index in [2.05, 4.69) is 0 Å². The van der Waals surface area contributed by atoms with Crippen LogP contribution in [0.1, 0.15) is 21.5 Å². The molecule has 0 saturated heterocycles. The van der Waals surface area contributed by atoms with Crippen molar-refractivity contribution in [3.8, 4) is 0 Å². The summed E-state index contributed by atoms with van der Waals surface area (Å²) in [5.74, 6) is -1.01. The SMILES string of the molecule is Cc1ccc(F)c(C(=O)c2ccc(Cl)cc2Cl)c1. The molecular weight excluding hydrogens is 274 g/mol. The molecule has 0 saturated carbocycles. The summed E-state index contributed by atoms with van der Waals surface area (Å²) in [7, 11) is 0. The molecule has 0 unspecified atom stereocenters. The van der Waals surface area contributed by atoms with Crippen molar-refractivity contribution in [1.29, 1.82) is 0 Å². The summed E-state index contributed by atoms with van der Waals surface area (Å²) < 4.78 is 13.6. The molecule has 0 amide bonds. The van der Waals surface area contributed by atoms with E-state index in [4.69, 9.17) is 23.2 Å². The van der Waals surface area contributed by atoms with E-state index in [1.165, 1.54) is 24.3 Å². The molecule has 0 aliphatic heterocycles. The predicted octanol–water partition coefficient (Wildman–Crippen LogP) is 4.67. The van der Waals surface area contributed by atoms with Crippen molar-refractivity contribution in [3.63, 3.8) is 0 Å². The van der Waals surface area contributed by atoms with Crippen LogP contribution >= 0.6 is 23.2 Å². The van der Waals surface area contributed by atoms with Crippen LogP contribution in [0.4, 0.5) is 4.39 Å². The number of halogens is 3. The average molecular weight is 283 g/mol. The van der Waals surface area contributed by atoms with Crippen molar-refractivity contribution >= 4 is 29.0 Å². The monoisotopic (exact) mass is 282 g/mol. The van der Waals surface area contributed by atoms with E-state index in [1.807, 2.05) is 0 Å². The van der Waals surface area contributed by atoms with Crippen molar-refractivity contribution < 1.29 is 9.18 Å². The third kappa shape index (κ3) is 2.55. The molecule has 4 heteroatoms. The molecule has 92 valence electrons. The van der Waals surface area contributed by atoms with E-state index in [9.17, 15) is 9.18 Å². The van der Waals surface area contributed by atoms with Crippen molar-refractivity contribution in [2.24, 2.45) is 0 Å². The molecule has 0 aliphatic carbocycles. The van der Waals surface area contributed by atoms with Gasteiger partial charge in [-0.25, -0.2) is 4.39 Å². The number of ketones is 1. The minimum Gasteiger partial charge on any atom is -0.288 e. The largest absolute Gasteiger partial charge is 0.288 e. The zero-order chi connectivity index (χ0) is 13.3. The van der Waals surface area contributed by atoms with Gasteiger partial charge in [-0.15, -0.1) is 0 Å². The molecule has 0 fully saturated rings. The Morgan fingerprint density at radius 3 is 2.44 bits per heavy atom. The first kappa shape index (κ1) is 13.1. The van der Waals surface area contributed by atoms with Crippen molar-refractivity contribution in [2.75, 3.05) is 0 Å². The van der Waals surface area contributed by atoms with Crippen LogP contribution in [0.25, 0.3) is 0 Å². The number of carbonyl (C=O) groups is 1. The molecule has 0 spiro atoms. The molecule has 0 atom stereocenters.